The summed E-state index contributed by atoms with van der Waals surface area (Å²) < 4.78 is 111. The lowest BCUT2D eigenvalue weighted by molar-refractivity contribution is -0.192. The highest BCUT2D eigenvalue weighted by Gasteiger charge is 2.44. The zero-order chi connectivity index (χ0) is 36.2. The van der Waals surface area contributed by atoms with E-state index in [4.69, 9.17) is 9.90 Å². The van der Waals surface area contributed by atoms with Crippen LogP contribution in [0.3, 0.4) is 0 Å². The molecule has 1 saturated carbocycles. The third-order valence-electron chi connectivity index (χ3n) is 8.55. The normalized spacial score (nSPS) is 22.0. The smallest absolute Gasteiger partial charge is 0.475 e. The number of benzene rings is 2. The topological polar surface area (TPSA) is 124 Å². The van der Waals surface area contributed by atoms with Gasteiger partial charge in [0.25, 0.3) is 5.91 Å². The number of carboxylic acid groups (broad SMARTS) is 1. The van der Waals surface area contributed by atoms with E-state index in [1.54, 1.807) is 4.90 Å². The van der Waals surface area contributed by atoms with Gasteiger partial charge in [0.1, 0.15) is 11.9 Å². The highest BCUT2D eigenvalue weighted by Crippen LogP contribution is 2.36. The summed E-state index contributed by atoms with van der Waals surface area (Å²) >= 11 is 0. The Kier molecular flexibility index (Phi) is 12.3. The number of likely N-dealkylation sites (tertiary alicyclic amines) is 1. The van der Waals surface area contributed by atoms with Gasteiger partial charge in [0, 0.05) is 30.2 Å². The van der Waals surface area contributed by atoms with Crippen LogP contribution in [0.2, 0.25) is 0 Å². The van der Waals surface area contributed by atoms with Crippen molar-refractivity contribution in [3.05, 3.63) is 65.5 Å². The van der Waals surface area contributed by atoms with Gasteiger partial charge in [-0.25, -0.2) is 17.6 Å². The second kappa shape index (κ2) is 15.2. The lowest BCUT2D eigenvalue weighted by Crippen LogP contribution is -2.53. The molecule has 4 atom stereocenters. The Bertz CT molecular complexity index is 1570. The van der Waals surface area contributed by atoms with Crippen LogP contribution in [0.25, 0.3) is 0 Å². The summed E-state index contributed by atoms with van der Waals surface area (Å²) in [6, 6.07) is 7.69. The summed E-state index contributed by atoms with van der Waals surface area (Å²) in [5.74, 6) is -5.10. The van der Waals surface area contributed by atoms with Gasteiger partial charge < -0.3 is 20.2 Å². The molecule has 2 fully saturated rings. The lowest BCUT2D eigenvalue weighted by atomic mass is 9.81. The molecule has 2 aromatic carbocycles. The third-order valence-corrected chi connectivity index (χ3v) is 10.4. The van der Waals surface area contributed by atoms with Crippen LogP contribution in [0.1, 0.15) is 55.5 Å². The van der Waals surface area contributed by atoms with Gasteiger partial charge in [0.05, 0.1) is 16.2 Å². The van der Waals surface area contributed by atoms with Crippen LogP contribution in [-0.4, -0.2) is 90.8 Å². The number of amides is 2. The molecule has 2 aromatic rings. The number of rotatable bonds is 8. The van der Waals surface area contributed by atoms with Crippen molar-refractivity contribution in [1.29, 1.82) is 0 Å². The summed E-state index contributed by atoms with van der Waals surface area (Å²) in [5.41, 5.74) is -1.16. The molecule has 17 heteroatoms. The van der Waals surface area contributed by atoms with Gasteiger partial charge in [0.2, 0.25) is 5.91 Å². The maximum atomic E-state index is 13.5. The summed E-state index contributed by atoms with van der Waals surface area (Å²) in [5, 5.41) is 9.69. The molecule has 2 amide bonds. The molecule has 2 aliphatic rings. The third kappa shape index (κ3) is 9.90. The SMILES string of the molecule is CC(C)N(C)[C@@H]1CC[C@H](N2CC[C@H](NC(=O)c3cccc(C(F)(F)F)c3)C2=O)[C@H](CS(=O)(=O)c2ccc(F)cc2)C1.O=C(O)C(F)(F)F. The zero-order valence-corrected chi connectivity index (χ0v) is 27.0. The highest BCUT2D eigenvalue weighted by atomic mass is 32.2. The molecular formula is C31H36F7N3O6S. The lowest BCUT2D eigenvalue weighted by Gasteiger charge is -2.44. The maximum Gasteiger partial charge on any atom is 0.490 e. The van der Waals surface area contributed by atoms with Crippen LogP contribution in [0.4, 0.5) is 30.7 Å². The van der Waals surface area contributed by atoms with Crippen LogP contribution in [0.15, 0.2) is 53.4 Å². The zero-order valence-electron chi connectivity index (χ0n) is 26.2. The van der Waals surface area contributed by atoms with E-state index in [9.17, 15) is 48.7 Å². The molecule has 266 valence electrons. The van der Waals surface area contributed by atoms with Crippen LogP contribution in [0.5, 0.6) is 0 Å². The molecular weight excluding hydrogens is 675 g/mol. The van der Waals surface area contributed by atoms with Crippen LogP contribution in [0, 0.1) is 11.7 Å². The van der Waals surface area contributed by atoms with E-state index in [0.29, 0.717) is 12.8 Å². The van der Waals surface area contributed by atoms with Crippen LogP contribution in [-0.2, 0) is 25.6 Å². The van der Waals surface area contributed by atoms with Gasteiger partial charge in [-0.1, -0.05) is 6.07 Å². The Morgan fingerprint density at radius 1 is 1.02 bits per heavy atom. The molecule has 0 spiro atoms. The molecule has 1 aliphatic carbocycles. The van der Waals surface area contributed by atoms with E-state index in [2.05, 4.69) is 24.1 Å². The molecule has 9 nitrogen and oxygen atoms in total. The number of hydrogen-bond acceptors (Lipinski definition) is 6. The Labute approximate surface area is 273 Å². The van der Waals surface area contributed by atoms with Crippen LogP contribution < -0.4 is 5.32 Å². The van der Waals surface area contributed by atoms with E-state index in [0.717, 1.165) is 36.8 Å². The van der Waals surface area contributed by atoms with Crippen molar-refractivity contribution in [2.75, 3.05) is 19.3 Å². The van der Waals surface area contributed by atoms with E-state index in [1.807, 2.05) is 7.05 Å². The molecule has 0 radical (unpaired) electrons. The van der Waals surface area contributed by atoms with Crippen molar-refractivity contribution in [3.8, 4) is 0 Å². The van der Waals surface area contributed by atoms with Crippen LogP contribution >= 0.6 is 0 Å². The summed E-state index contributed by atoms with van der Waals surface area (Å²) in [7, 11) is -1.81. The molecule has 1 heterocycles. The Balaban J connectivity index is 0.000000804. The van der Waals surface area contributed by atoms with Crippen molar-refractivity contribution in [2.45, 2.75) is 80.9 Å². The number of sulfone groups is 1. The Morgan fingerprint density at radius 3 is 2.17 bits per heavy atom. The second-order valence-corrected chi connectivity index (χ2v) is 14.1. The fourth-order valence-electron chi connectivity index (χ4n) is 5.87. The standard InChI is InChI=1S/C29H35F4N3O4S.C2HF3O2/c1-18(2)35(3)23-9-12-26(20(16-23)17-41(39,40)24-10-7-22(30)8-11-24)36-14-13-25(28(36)38)34-27(37)19-5-4-6-21(15-19)29(31,32)33;3-2(4,5)1(6)7/h4-8,10-11,15,18,20,23,25-26H,9,12-14,16-17H2,1-3H3,(H,34,37);(H,6,7)/t20-,23+,25-,26-;/m0./s1. The summed E-state index contributed by atoms with van der Waals surface area (Å²) in [4.78, 5) is 38.9. The van der Waals surface area contributed by atoms with Gasteiger partial charge in [-0.3, -0.25) is 9.59 Å². The minimum Gasteiger partial charge on any atom is -0.475 e. The average molecular weight is 712 g/mol. The largest absolute Gasteiger partial charge is 0.490 e. The fourth-order valence-corrected chi connectivity index (χ4v) is 7.53. The maximum absolute atomic E-state index is 13.5. The van der Waals surface area contributed by atoms with Crippen molar-refractivity contribution in [3.63, 3.8) is 0 Å². The molecule has 0 unspecified atom stereocenters. The minimum absolute atomic E-state index is 0.0102. The number of aliphatic carboxylic acids is 1. The first-order valence-electron chi connectivity index (χ1n) is 14.9. The number of carbonyl (C=O) groups is 3. The Morgan fingerprint density at radius 2 is 1.62 bits per heavy atom. The van der Waals surface area contributed by atoms with E-state index < -0.39 is 63.4 Å². The summed E-state index contributed by atoms with van der Waals surface area (Å²) in [6.07, 6.45) is -7.59. The van der Waals surface area contributed by atoms with Gasteiger partial charge in [0.15, 0.2) is 9.84 Å². The minimum atomic E-state index is -5.08. The fraction of sp³-hybridized carbons (Fsp3) is 0.516. The van der Waals surface area contributed by atoms with E-state index >= 15 is 0 Å². The molecule has 48 heavy (non-hydrogen) atoms. The van der Waals surface area contributed by atoms with Crippen molar-refractivity contribution in [1.82, 2.24) is 15.1 Å². The first kappa shape index (κ1) is 38.7. The molecule has 1 saturated heterocycles. The van der Waals surface area contributed by atoms with Gasteiger partial charge in [-0.05, 0) is 95.0 Å². The number of alkyl halides is 6. The molecule has 4 rings (SSSR count). The number of hydrogen-bond donors (Lipinski definition) is 2. The molecule has 0 bridgehead atoms. The van der Waals surface area contributed by atoms with Gasteiger partial charge in [-0.15, -0.1) is 0 Å². The Hall–Kier alpha value is -3.73. The van der Waals surface area contributed by atoms with Gasteiger partial charge in [-0.2, -0.15) is 26.3 Å². The number of nitrogens with zero attached hydrogens (tertiary/aromatic N) is 2. The quantitative estimate of drug-likeness (QED) is 0.287. The number of nitrogens with one attached hydrogen (secondary N) is 1. The average Bonchev–Trinajstić information content (AvgIpc) is 3.35. The van der Waals surface area contributed by atoms with Gasteiger partial charge >= 0.3 is 18.3 Å². The van der Waals surface area contributed by atoms with E-state index in [1.165, 1.54) is 18.2 Å². The number of carboxylic acids is 1. The first-order valence-corrected chi connectivity index (χ1v) is 16.6. The second-order valence-electron chi connectivity index (χ2n) is 12.0. The van der Waals surface area contributed by atoms with E-state index in [-0.39, 0.29) is 47.2 Å². The highest BCUT2D eigenvalue weighted by molar-refractivity contribution is 7.91. The van der Waals surface area contributed by atoms with Crippen molar-refractivity contribution in [2.24, 2.45) is 5.92 Å². The monoisotopic (exact) mass is 711 g/mol. The number of carbonyl (C=O) groups excluding carboxylic acids is 2. The molecule has 1 aliphatic heterocycles. The van der Waals surface area contributed by atoms with Crippen molar-refractivity contribution >= 4 is 27.6 Å². The molecule has 2 N–H and O–H groups in total. The van der Waals surface area contributed by atoms with Crippen molar-refractivity contribution < 1.29 is 58.6 Å². The number of halogens is 7. The predicted molar refractivity (Wildman–Crippen MR) is 159 cm³/mol. The molecule has 0 aromatic heterocycles. The summed E-state index contributed by atoms with van der Waals surface area (Å²) in [6.45, 7) is 4.39. The first-order chi connectivity index (χ1) is 22.1. The predicted octanol–water partition coefficient (Wildman–Crippen LogP) is 5.16.